The van der Waals surface area contributed by atoms with E-state index in [-0.39, 0.29) is 34.3 Å². The van der Waals surface area contributed by atoms with Crippen molar-refractivity contribution in [1.29, 1.82) is 0 Å². The summed E-state index contributed by atoms with van der Waals surface area (Å²) >= 11 is 12.7. The molecule has 0 aromatic heterocycles. The first-order valence-electron chi connectivity index (χ1n) is 15.2. The number of hydrogen-bond acceptors (Lipinski definition) is 6. The van der Waals surface area contributed by atoms with Crippen LogP contribution in [0.15, 0.2) is 95.9 Å². The largest absolute Gasteiger partial charge is 0.493 e. The zero-order valence-corrected chi connectivity index (χ0v) is 30.1. The fourth-order valence-corrected chi connectivity index (χ4v) is 6.98. The maximum absolute atomic E-state index is 14.6. The van der Waals surface area contributed by atoms with E-state index in [1.165, 1.54) is 55.5 Å². The molecule has 0 aliphatic heterocycles. The van der Waals surface area contributed by atoms with Gasteiger partial charge in [0.1, 0.15) is 18.4 Å². The highest BCUT2D eigenvalue weighted by Gasteiger charge is 2.36. The Bertz CT molecular complexity index is 1890. The molecule has 0 spiro atoms. The van der Waals surface area contributed by atoms with Gasteiger partial charge >= 0.3 is 0 Å². The van der Waals surface area contributed by atoms with E-state index in [0.717, 1.165) is 22.0 Å². The zero-order valence-electron chi connectivity index (χ0n) is 27.7. The molecule has 1 atom stereocenters. The van der Waals surface area contributed by atoms with Crippen LogP contribution in [0.5, 0.6) is 11.5 Å². The van der Waals surface area contributed by atoms with Gasteiger partial charge in [-0.15, -0.1) is 0 Å². The molecule has 9 nitrogen and oxygen atoms in total. The number of amides is 2. The quantitative estimate of drug-likeness (QED) is 0.161. The molecule has 0 saturated heterocycles. The Kier molecular flexibility index (Phi) is 12.2. The number of rotatable bonds is 13. The fraction of sp³-hybridized carbons (Fsp3) is 0.278. The molecule has 49 heavy (non-hydrogen) atoms. The average Bonchev–Trinajstić information content (AvgIpc) is 3.05. The summed E-state index contributed by atoms with van der Waals surface area (Å²) in [5.74, 6) is -1.32. The topological polar surface area (TPSA) is 105 Å². The van der Waals surface area contributed by atoms with Gasteiger partial charge in [-0.2, -0.15) is 0 Å². The van der Waals surface area contributed by atoms with Crippen molar-refractivity contribution in [1.82, 2.24) is 10.2 Å². The third-order valence-electron chi connectivity index (χ3n) is 7.46. The molecule has 13 heteroatoms. The van der Waals surface area contributed by atoms with Crippen LogP contribution in [0.1, 0.15) is 31.9 Å². The third kappa shape index (κ3) is 9.65. The molecule has 260 valence electrons. The highest BCUT2D eigenvalue weighted by Crippen LogP contribution is 2.33. The Labute approximate surface area is 296 Å². The van der Waals surface area contributed by atoms with E-state index in [9.17, 15) is 22.4 Å². The van der Waals surface area contributed by atoms with Crippen molar-refractivity contribution in [2.24, 2.45) is 0 Å². The number of hydrogen-bond donors (Lipinski definition) is 1. The molecular weight excluding hydrogens is 692 g/mol. The standard InChI is InChI=1S/C36H38Cl2FN3O6S/c1-36(2,3)40-35(44)31(19-24-9-7-6-8-10-24)41(22-25-11-12-26(37)20-30(25)38)34(43)23-42(28-15-13-27(39)14-16-28)49(45,46)29-17-18-32(47-4)33(21-29)48-5/h6-18,20-21,31H,19,22-23H2,1-5H3,(H,40,44)/t31-/m1/s1. The van der Waals surface area contributed by atoms with E-state index in [0.29, 0.717) is 16.3 Å². The normalized spacial score (nSPS) is 12.2. The number of ether oxygens (including phenoxy) is 2. The molecule has 0 aliphatic carbocycles. The van der Waals surface area contributed by atoms with Crippen molar-refractivity contribution in [2.45, 2.75) is 50.2 Å². The SMILES string of the molecule is COc1ccc(S(=O)(=O)N(CC(=O)N(Cc2ccc(Cl)cc2Cl)[C@H](Cc2ccccc2)C(=O)NC(C)(C)C)c2ccc(F)cc2)cc1OC. The second-order valence-electron chi connectivity index (χ2n) is 12.2. The first-order valence-corrected chi connectivity index (χ1v) is 17.4. The maximum Gasteiger partial charge on any atom is 0.264 e. The number of nitrogens with one attached hydrogen (secondary N) is 1. The van der Waals surface area contributed by atoms with E-state index < -0.39 is 45.8 Å². The number of nitrogens with zero attached hydrogens (tertiary/aromatic N) is 2. The van der Waals surface area contributed by atoms with Gasteiger partial charge in [-0.25, -0.2) is 12.8 Å². The summed E-state index contributed by atoms with van der Waals surface area (Å²) < 4.78 is 54.2. The predicted octanol–water partition coefficient (Wildman–Crippen LogP) is 6.90. The minimum atomic E-state index is -4.49. The van der Waals surface area contributed by atoms with Gasteiger partial charge in [-0.1, -0.05) is 59.6 Å². The highest BCUT2D eigenvalue weighted by molar-refractivity contribution is 7.92. The summed E-state index contributed by atoms with van der Waals surface area (Å²) in [6.07, 6.45) is 0.110. The van der Waals surface area contributed by atoms with Gasteiger partial charge in [-0.3, -0.25) is 13.9 Å². The Morgan fingerprint density at radius 2 is 1.53 bits per heavy atom. The molecule has 0 saturated carbocycles. The van der Waals surface area contributed by atoms with Crippen LogP contribution in [-0.4, -0.2) is 57.5 Å². The lowest BCUT2D eigenvalue weighted by Gasteiger charge is -2.35. The fourth-order valence-electron chi connectivity index (χ4n) is 5.08. The third-order valence-corrected chi connectivity index (χ3v) is 9.82. The molecule has 0 heterocycles. The van der Waals surface area contributed by atoms with Crippen LogP contribution in [-0.2, 0) is 32.6 Å². The van der Waals surface area contributed by atoms with Gasteiger partial charge in [0.05, 0.1) is 24.8 Å². The molecule has 4 aromatic rings. The summed E-state index contributed by atoms with van der Waals surface area (Å²) in [5.41, 5.74) is 0.616. The smallest absolute Gasteiger partial charge is 0.264 e. The van der Waals surface area contributed by atoms with E-state index in [1.54, 1.807) is 12.1 Å². The molecule has 0 aliphatic rings. The van der Waals surface area contributed by atoms with Crippen LogP contribution < -0.4 is 19.1 Å². The number of carbonyl (C=O) groups is 2. The van der Waals surface area contributed by atoms with Gasteiger partial charge in [-0.05, 0) is 80.4 Å². The first-order chi connectivity index (χ1) is 23.1. The summed E-state index contributed by atoms with van der Waals surface area (Å²) in [6.45, 7) is 4.55. The number of anilines is 1. The van der Waals surface area contributed by atoms with Gasteiger partial charge in [0.15, 0.2) is 11.5 Å². The Balaban J connectivity index is 1.86. The molecule has 4 aromatic carbocycles. The second kappa shape index (κ2) is 15.9. The lowest BCUT2D eigenvalue weighted by atomic mass is 10.0. The van der Waals surface area contributed by atoms with E-state index in [1.807, 2.05) is 51.1 Å². The predicted molar refractivity (Wildman–Crippen MR) is 189 cm³/mol. The molecule has 2 amide bonds. The Hall–Kier alpha value is -4.32. The second-order valence-corrected chi connectivity index (χ2v) is 14.9. The molecule has 1 N–H and O–H groups in total. The number of benzene rings is 4. The van der Waals surface area contributed by atoms with Crippen molar-refractivity contribution < 1.29 is 31.9 Å². The monoisotopic (exact) mass is 729 g/mol. The first kappa shape index (κ1) is 37.5. The number of sulfonamides is 1. The van der Waals surface area contributed by atoms with Crippen LogP contribution in [0.2, 0.25) is 10.0 Å². The summed E-state index contributed by atoms with van der Waals surface area (Å²) in [7, 11) is -1.71. The van der Waals surface area contributed by atoms with Crippen LogP contribution in [0.4, 0.5) is 10.1 Å². The molecule has 4 rings (SSSR count). The van der Waals surface area contributed by atoms with Gasteiger partial charge in [0, 0.05) is 34.6 Å². The number of methoxy groups -OCH3 is 2. The summed E-state index contributed by atoms with van der Waals surface area (Å²) in [5, 5.41) is 3.60. The number of carbonyl (C=O) groups excluding carboxylic acids is 2. The minimum Gasteiger partial charge on any atom is -0.493 e. The molecule has 0 bridgehead atoms. The van der Waals surface area contributed by atoms with E-state index >= 15 is 0 Å². The van der Waals surface area contributed by atoms with Crippen LogP contribution in [0.3, 0.4) is 0 Å². The minimum absolute atomic E-state index is 0.0211. The van der Waals surface area contributed by atoms with Gasteiger partial charge < -0.3 is 19.7 Å². The van der Waals surface area contributed by atoms with Crippen molar-refractivity contribution in [3.8, 4) is 11.5 Å². The molecular formula is C36H38Cl2FN3O6S. The molecule has 0 fully saturated rings. The van der Waals surface area contributed by atoms with Crippen molar-refractivity contribution in [3.05, 3.63) is 118 Å². The van der Waals surface area contributed by atoms with Gasteiger partial charge in [0.2, 0.25) is 11.8 Å². The summed E-state index contributed by atoms with van der Waals surface area (Å²) in [4.78, 5) is 29.8. The lowest BCUT2D eigenvalue weighted by molar-refractivity contribution is -0.140. The van der Waals surface area contributed by atoms with E-state index in [2.05, 4.69) is 5.32 Å². The van der Waals surface area contributed by atoms with E-state index in [4.69, 9.17) is 32.7 Å². The Morgan fingerprint density at radius 3 is 2.12 bits per heavy atom. The lowest BCUT2D eigenvalue weighted by Crippen LogP contribution is -2.56. The van der Waals surface area contributed by atoms with Crippen LogP contribution >= 0.6 is 23.2 Å². The molecule has 0 radical (unpaired) electrons. The maximum atomic E-state index is 14.6. The van der Waals surface area contributed by atoms with Crippen molar-refractivity contribution >= 4 is 50.7 Å². The van der Waals surface area contributed by atoms with Crippen molar-refractivity contribution in [3.63, 3.8) is 0 Å². The van der Waals surface area contributed by atoms with Crippen LogP contribution in [0, 0.1) is 5.82 Å². The summed E-state index contributed by atoms with van der Waals surface area (Å²) in [6, 6.07) is 21.6. The Morgan fingerprint density at radius 1 is 0.878 bits per heavy atom. The highest BCUT2D eigenvalue weighted by atomic mass is 35.5. The number of halogens is 3. The zero-order chi connectivity index (χ0) is 35.9. The van der Waals surface area contributed by atoms with Crippen molar-refractivity contribution in [2.75, 3.05) is 25.1 Å². The van der Waals surface area contributed by atoms with Crippen LogP contribution in [0.25, 0.3) is 0 Å². The molecule has 0 unspecified atom stereocenters. The average molecular weight is 731 g/mol. The van der Waals surface area contributed by atoms with Gasteiger partial charge in [0.25, 0.3) is 10.0 Å².